The van der Waals surface area contributed by atoms with E-state index in [1.165, 1.54) is 0 Å². The fourth-order valence-electron chi connectivity index (χ4n) is 0.984. The van der Waals surface area contributed by atoms with Crippen LogP contribution >= 0.6 is 0 Å². The van der Waals surface area contributed by atoms with Crippen molar-refractivity contribution >= 4 is 0 Å². The molecule has 1 aromatic heterocycles. The van der Waals surface area contributed by atoms with Gasteiger partial charge in [-0.25, -0.2) is 4.98 Å². The SMILES string of the molecule is COc1cc(CNCCO)ccn1. The minimum absolute atomic E-state index is 0.155. The molecule has 1 aromatic rings. The number of hydrogen-bond acceptors (Lipinski definition) is 4. The highest BCUT2D eigenvalue weighted by Gasteiger charge is 1.95. The monoisotopic (exact) mass is 182 g/mol. The van der Waals surface area contributed by atoms with Crippen LogP contribution in [0, 0.1) is 0 Å². The standard InChI is InChI=1S/C9H14N2O2/c1-13-9-6-8(2-3-11-9)7-10-4-5-12/h2-3,6,10,12H,4-5,7H2,1H3. The average Bonchev–Trinajstić information content (AvgIpc) is 2.19. The molecule has 4 heteroatoms. The van der Waals surface area contributed by atoms with Crippen LogP contribution in [-0.2, 0) is 6.54 Å². The Morgan fingerprint density at radius 3 is 3.15 bits per heavy atom. The van der Waals surface area contributed by atoms with Gasteiger partial charge in [-0.15, -0.1) is 0 Å². The zero-order valence-corrected chi connectivity index (χ0v) is 7.66. The van der Waals surface area contributed by atoms with E-state index >= 15 is 0 Å². The lowest BCUT2D eigenvalue weighted by atomic mass is 10.2. The second kappa shape index (κ2) is 5.50. The summed E-state index contributed by atoms with van der Waals surface area (Å²) in [5.74, 6) is 0.614. The van der Waals surface area contributed by atoms with Crippen molar-refractivity contribution in [1.29, 1.82) is 0 Å². The normalized spacial score (nSPS) is 10.0. The molecule has 1 rings (SSSR count). The molecule has 0 spiro atoms. The van der Waals surface area contributed by atoms with E-state index < -0.39 is 0 Å². The van der Waals surface area contributed by atoms with Gasteiger partial charge in [-0.05, 0) is 11.6 Å². The number of pyridine rings is 1. The second-order valence-corrected chi connectivity index (χ2v) is 2.61. The van der Waals surface area contributed by atoms with E-state index in [4.69, 9.17) is 9.84 Å². The molecule has 0 unspecified atom stereocenters. The summed E-state index contributed by atoms with van der Waals surface area (Å²) in [4.78, 5) is 3.99. The first-order valence-electron chi connectivity index (χ1n) is 4.17. The number of aliphatic hydroxyl groups is 1. The van der Waals surface area contributed by atoms with Gasteiger partial charge in [0, 0.05) is 25.4 Å². The van der Waals surface area contributed by atoms with Crippen LogP contribution < -0.4 is 10.1 Å². The average molecular weight is 182 g/mol. The summed E-state index contributed by atoms with van der Waals surface area (Å²) in [5, 5.41) is 11.6. The molecule has 4 nitrogen and oxygen atoms in total. The fourth-order valence-corrected chi connectivity index (χ4v) is 0.984. The molecule has 1 heterocycles. The van der Waals surface area contributed by atoms with Gasteiger partial charge < -0.3 is 15.2 Å². The summed E-state index contributed by atoms with van der Waals surface area (Å²) in [6, 6.07) is 3.78. The maximum absolute atomic E-state index is 8.55. The van der Waals surface area contributed by atoms with E-state index in [1.807, 2.05) is 12.1 Å². The van der Waals surface area contributed by atoms with Crippen LogP contribution in [0.25, 0.3) is 0 Å². The number of ether oxygens (including phenoxy) is 1. The summed E-state index contributed by atoms with van der Waals surface area (Å²) < 4.78 is 4.97. The lowest BCUT2D eigenvalue weighted by molar-refractivity contribution is 0.292. The Kier molecular flexibility index (Phi) is 4.21. The predicted octanol–water partition coefficient (Wildman–Crippen LogP) is 0.172. The van der Waals surface area contributed by atoms with Crippen LogP contribution in [0.1, 0.15) is 5.56 Å². The number of methoxy groups -OCH3 is 1. The first-order chi connectivity index (χ1) is 6.36. The van der Waals surface area contributed by atoms with Crippen molar-refractivity contribution in [1.82, 2.24) is 10.3 Å². The van der Waals surface area contributed by atoms with Crippen molar-refractivity contribution < 1.29 is 9.84 Å². The molecule has 0 saturated carbocycles. The predicted molar refractivity (Wildman–Crippen MR) is 49.6 cm³/mol. The molecule has 0 aliphatic heterocycles. The third-order valence-electron chi connectivity index (χ3n) is 1.63. The summed E-state index contributed by atoms with van der Waals surface area (Å²) in [6.07, 6.45) is 1.70. The van der Waals surface area contributed by atoms with Gasteiger partial charge in [-0.2, -0.15) is 0 Å². The number of aromatic nitrogens is 1. The van der Waals surface area contributed by atoms with E-state index in [-0.39, 0.29) is 6.61 Å². The van der Waals surface area contributed by atoms with Gasteiger partial charge in [0.1, 0.15) is 0 Å². The Hall–Kier alpha value is -1.13. The van der Waals surface area contributed by atoms with Crippen molar-refractivity contribution in [3.63, 3.8) is 0 Å². The smallest absolute Gasteiger partial charge is 0.213 e. The number of nitrogens with one attached hydrogen (secondary N) is 1. The zero-order valence-electron chi connectivity index (χ0n) is 7.66. The molecule has 2 N–H and O–H groups in total. The van der Waals surface area contributed by atoms with Crippen molar-refractivity contribution in [2.24, 2.45) is 0 Å². The number of nitrogens with zero attached hydrogens (tertiary/aromatic N) is 1. The molecule has 0 aromatic carbocycles. The zero-order chi connectivity index (χ0) is 9.52. The fraction of sp³-hybridized carbons (Fsp3) is 0.444. The quantitative estimate of drug-likeness (QED) is 0.637. The lowest BCUT2D eigenvalue weighted by Crippen LogP contribution is -2.17. The number of aliphatic hydroxyl groups excluding tert-OH is 1. The first-order valence-corrected chi connectivity index (χ1v) is 4.17. The molecule has 0 radical (unpaired) electrons. The highest BCUT2D eigenvalue weighted by atomic mass is 16.5. The summed E-state index contributed by atoms with van der Waals surface area (Å²) >= 11 is 0. The maximum atomic E-state index is 8.55. The van der Waals surface area contributed by atoms with Crippen LogP contribution in [0.5, 0.6) is 5.88 Å². The van der Waals surface area contributed by atoms with Crippen molar-refractivity contribution in [2.45, 2.75) is 6.54 Å². The largest absolute Gasteiger partial charge is 0.481 e. The van der Waals surface area contributed by atoms with Crippen LogP contribution in [0.2, 0.25) is 0 Å². The third kappa shape index (κ3) is 3.40. The minimum atomic E-state index is 0.155. The minimum Gasteiger partial charge on any atom is -0.481 e. The molecular weight excluding hydrogens is 168 g/mol. The van der Waals surface area contributed by atoms with E-state index in [9.17, 15) is 0 Å². The molecule has 72 valence electrons. The molecule has 0 fully saturated rings. The van der Waals surface area contributed by atoms with E-state index in [0.29, 0.717) is 12.4 Å². The van der Waals surface area contributed by atoms with E-state index in [2.05, 4.69) is 10.3 Å². The van der Waals surface area contributed by atoms with Crippen molar-refractivity contribution in [3.8, 4) is 5.88 Å². The first kappa shape index (κ1) is 9.95. The van der Waals surface area contributed by atoms with Gasteiger partial charge in [0.15, 0.2) is 0 Å². The maximum Gasteiger partial charge on any atom is 0.213 e. The molecule has 0 bridgehead atoms. The molecule has 0 saturated heterocycles. The number of rotatable bonds is 5. The molecule has 0 aliphatic rings. The van der Waals surface area contributed by atoms with Gasteiger partial charge in [-0.3, -0.25) is 0 Å². The second-order valence-electron chi connectivity index (χ2n) is 2.61. The van der Waals surface area contributed by atoms with Gasteiger partial charge in [0.05, 0.1) is 13.7 Å². The number of hydrogen-bond donors (Lipinski definition) is 2. The topological polar surface area (TPSA) is 54.4 Å². The van der Waals surface area contributed by atoms with Crippen LogP contribution in [-0.4, -0.2) is 30.4 Å². The van der Waals surface area contributed by atoms with Crippen LogP contribution in [0.15, 0.2) is 18.3 Å². The van der Waals surface area contributed by atoms with Gasteiger partial charge in [-0.1, -0.05) is 0 Å². The highest BCUT2D eigenvalue weighted by molar-refractivity contribution is 5.20. The van der Waals surface area contributed by atoms with E-state index in [1.54, 1.807) is 13.3 Å². The Morgan fingerprint density at radius 2 is 2.46 bits per heavy atom. The molecule has 0 amide bonds. The lowest BCUT2D eigenvalue weighted by Gasteiger charge is -2.04. The van der Waals surface area contributed by atoms with E-state index in [0.717, 1.165) is 12.1 Å². The Bertz CT molecular complexity index is 253. The van der Waals surface area contributed by atoms with Crippen molar-refractivity contribution in [3.05, 3.63) is 23.9 Å². The Morgan fingerprint density at radius 1 is 1.62 bits per heavy atom. The third-order valence-corrected chi connectivity index (χ3v) is 1.63. The Labute approximate surface area is 77.6 Å². The van der Waals surface area contributed by atoms with Crippen LogP contribution in [0.3, 0.4) is 0 Å². The van der Waals surface area contributed by atoms with Crippen molar-refractivity contribution in [2.75, 3.05) is 20.3 Å². The molecular formula is C9H14N2O2. The summed E-state index contributed by atoms with van der Waals surface area (Å²) in [6.45, 7) is 1.48. The van der Waals surface area contributed by atoms with Gasteiger partial charge in [0.25, 0.3) is 0 Å². The molecule has 13 heavy (non-hydrogen) atoms. The highest BCUT2D eigenvalue weighted by Crippen LogP contribution is 2.07. The molecule has 0 atom stereocenters. The molecule has 0 aliphatic carbocycles. The van der Waals surface area contributed by atoms with Gasteiger partial charge in [0.2, 0.25) is 5.88 Å². The Balaban J connectivity index is 2.46. The summed E-state index contributed by atoms with van der Waals surface area (Å²) in [5.41, 5.74) is 1.10. The van der Waals surface area contributed by atoms with Gasteiger partial charge >= 0.3 is 0 Å². The summed E-state index contributed by atoms with van der Waals surface area (Å²) in [7, 11) is 1.59. The van der Waals surface area contributed by atoms with Crippen LogP contribution in [0.4, 0.5) is 0 Å².